The third-order valence-corrected chi connectivity index (χ3v) is 32.3. The fourth-order valence-electron chi connectivity index (χ4n) is 15.2. The summed E-state index contributed by atoms with van der Waals surface area (Å²) in [6, 6.07) is 43.8. The van der Waals surface area contributed by atoms with Gasteiger partial charge in [-0.2, -0.15) is 0 Å². The molecule has 10 atom stereocenters. The van der Waals surface area contributed by atoms with Gasteiger partial charge in [-0.05, 0) is 141 Å². The van der Waals surface area contributed by atoms with Gasteiger partial charge in [0, 0.05) is 43.2 Å². The minimum Gasteiger partial charge on any atom is -0.448 e. The predicted molar refractivity (Wildman–Crippen MR) is 490 cm³/mol. The molecule has 0 aromatic heterocycles. The molecule has 8 aromatic carbocycles. The molecule has 2 aliphatic carbocycles. The number of nitrogens with one attached hydrogen (secondary N) is 9. The molecule has 0 fully saturated rings. The summed E-state index contributed by atoms with van der Waals surface area (Å²) in [7, 11) is 0. The quantitative estimate of drug-likeness (QED) is 0.0171. The van der Waals surface area contributed by atoms with E-state index < -0.39 is 191 Å². The van der Waals surface area contributed by atoms with E-state index in [-0.39, 0.29) is 19.6 Å². The highest BCUT2D eigenvalue weighted by Crippen LogP contribution is 2.49. The Morgan fingerprint density at radius 2 is 0.659 bits per heavy atom. The van der Waals surface area contributed by atoms with Gasteiger partial charge in [0.1, 0.15) is 78.7 Å². The zero-order valence-electron chi connectivity index (χ0n) is 72.5. The summed E-state index contributed by atoms with van der Waals surface area (Å²) in [5.74, 6) is -13.5. The van der Waals surface area contributed by atoms with Gasteiger partial charge < -0.3 is 63.1 Å². The van der Waals surface area contributed by atoms with E-state index in [0.29, 0.717) is 31.0 Å². The van der Waals surface area contributed by atoms with Crippen LogP contribution < -0.4 is 74.8 Å². The first-order valence-electron chi connectivity index (χ1n) is 41.5. The van der Waals surface area contributed by atoms with Gasteiger partial charge in [-0.15, -0.1) is 0 Å². The minimum atomic E-state index is -3.45. The molecule has 14 amide bonds. The van der Waals surface area contributed by atoms with Crippen LogP contribution in [0, 0.1) is 5.92 Å². The minimum absolute atomic E-state index is 0.127. The second-order valence-corrected chi connectivity index (χ2v) is 42.2. The number of imide groups is 2. The molecule has 11 N–H and O–H groups in total. The molecule has 0 heterocycles. The van der Waals surface area contributed by atoms with Crippen molar-refractivity contribution in [1.29, 1.82) is 0 Å². The number of nitrogens with zero attached hydrogens (tertiary/aromatic N) is 2. The summed E-state index contributed by atoms with van der Waals surface area (Å²) in [4.78, 5) is 207. The number of rotatable bonds is 36. The van der Waals surface area contributed by atoms with E-state index in [2.05, 4.69) is 47.9 Å². The van der Waals surface area contributed by atoms with Crippen molar-refractivity contribution < 1.29 is 76.6 Å². The van der Waals surface area contributed by atoms with Crippen molar-refractivity contribution in [3.8, 4) is 22.3 Å². The Hall–Kier alpha value is -12.4. The SMILES string of the molecule is CC[C@H](C)[C@H](NC(=O)[C@H](C)NC(=O)[C@H](C)NC(=O)[C@H](CP(=S)(c1ccccc1)c1ccccc1)N(C(=O)OCC1c2ccccc2-c2ccccc21)C(=O)[C@H](C)NC(=O)C(C)(C)NC(=O)[C@H](C)NC(C)=O)C(=O)N(C(=O)OCC1c2ccccc2-c2ccccc21)[C@@H](CP(=S)(c1ccccc1)c1ccccc1)C(=O)N[C@@H](C)C(=O)NC(C)(C)C(=O)N[C@@H](C)C(N)=O. The number of nitrogens with two attached hydrogens (primary N) is 1. The lowest BCUT2D eigenvalue weighted by Crippen LogP contribution is -2.64. The van der Waals surface area contributed by atoms with Gasteiger partial charge in [0.25, 0.3) is 11.8 Å². The van der Waals surface area contributed by atoms with E-state index in [0.717, 1.165) is 44.5 Å². The second-order valence-electron chi connectivity index (χ2n) is 32.7. The number of carbonyl (C=O) groups is 14. The third kappa shape index (κ3) is 22.3. The maximum Gasteiger partial charge on any atom is 0.417 e. The van der Waals surface area contributed by atoms with Crippen LogP contribution >= 0.6 is 12.1 Å². The van der Waals surface area contributed by atoms with E-state index in [1.54, 1.807) is 135 Å². The molecule has 0 saturated heterocycles. The lowest BCUT2D eigenvalue weighted by Gasteiger charge is -2.37. The van der Waals surface area contributed by atoms with Crippen molar-refractivity contribution in [1.82, 2.24) is 57.7 Å². The molecule has 0 saturated carbocycles. The van der Waals surface area contributed by atoms with Gasteiger partial charge in [0.2, 0.25) is 59.1 Å². The van der Waals surface area contributed by atoms with Crippen LogP contribution in [0.5, 0.6) is 0 Å². The van der Waals surface area contributed by atoms with Crippen LogP contribution in [-0.2, 0) is 90.6 Å². The molecule has 126 heavy (non-hydrogen) atoms. The summed E-state index contributed by atoms with van der Waals surface area (Å²) in [6.45, 7) is 17.1. The molecular formula is C94H108N12O16P2S2. The normalized spacial score (nSPS) is 14.7. The summed E-state index contributed by atoms with van der Waals surface area (Å²) >= 11 is 13.6. The standard InChI is InChI=1S/C94H108N12O16P2S2/c1-14-55(2)79(88(116)106(92(120)122-52-76-73-49-33-29-45-69(73)70-46-30-34-50-74(70)76)78(54-124(126,65-39-23-17-24-40-65)66-41-25-18-26-42-66)86(114)99-60(7)84(112)104-93(10,11)89(117)100-56(3)80(95)108)102-82(110)58(5)97-81(109)57(4)98-85(113)77(53-123(125,63-35-19-15-20-36-63)64-37-21-16-22-38-64)105(87(115)61(8)101-90(118)94(12,13)103-83(111)59(6)96-62(9)107)91(119)121-51-75-71-47-31-27-43-67(71)68-44-28-32-48-72(68)75/h15-50,55-61,75-79H,14,51-54H2,1-13H3,(H2,95,108)(H,96,107)(H,97,109)(H,98,113)(H,99,114)(H,100,117)(H,101,118)(H,102,110)(H,103,111)(H,104,112)/t55-,56-,57-,58-,59-,60-,61-,77-,78-,79-/m0/s1. The molecule has 0 aliphatic heterocycles. The molecule has 0 radical (unpaired) electrons. The van der Waals surface area contributed by atoms with Crippen molar-refractivity contribution in [3.05, 3.63) is 241 Å². The van der Waals surface area contributed by atoms with E-state index in [1.165, 1.54) is 76.2 Å². The summed E-state index contributed by atoms with van der Waals surface area (Å²) in [5, 5.41) is 25.7. The first kappa shape index (κ1) is 95.9. The predicted octanol–water partition coefficient (Wildman–Crippen LogP) is 7.39. The fraction of sp³-hybridized carbons (Fsp3) is 0.340. The number of ether oxygens (including phenoxy) is 2. The highest BCUT2D eigenvalue weighted by Gasteiger charge is 2.49. The Bertz CT molecular complexity index is 5360. The van der Waals surface area contributed by atoms with Crippen LogP contribution in [0.3, 0.4) is 0 Å². The fourth-order valence-corrected chi connectivity index (χ4v) is 23.2. The van der Waals surface area contributed by atoms with Gasteiger partial charge in [0.15, 0.2) is 0 Å². The van der Waals surface area contributed by atoms with Gasteiger partial charge in [-0.1, -0.05) is 262 Å². The monoisotopic (exact) mass is 1790 g/mol. The van der Waals surface area contributed by atoms with Crippen molar-refractivity contribution in [2.45, 2.75) is 174 Å². The number of primary amides is 1. The van der Waals surface area contributed by atoms with Crippen LogP contribution in [0.15, 0.2) is 218 Å². The maximum absolute atomic E-state index is 16.5. The van der Waals surface area contributed by atoms with Crippen LogP contribution in [0.1, 0.15) is 131 Å². The van der Waals surface area contributed by atoms with Crippen LogP contribution in [0.25, 0.3) is 22.3 Å². The Labute approximate surface area is 743 Å². The van der Waals surface area contributed by atoms with Gasteiger partial charge in [-0.3, -0.25) is 57.5 Å². The van der Waals surface area contributed by atoms with Crippen molar-refractivity contribution >= 4 is 140 Å². The highest BCUT2D eigenvalue weighted by atomic mass is 32.4. The van der Waals surface area contributed by atoms with Crippen molar-refractivity contribution in [3.63, 3.8) is 0 Å². The molecule has 28 nitrogen and oxygen atoms in total. The van der Waals surface area contributed by atoms with Gasteiger partial charge in [0.05, 0.1) is 0 Å². The molecule has 2 aliphatic rings. The zero-order chi connectivity index (χ0) is 91.9. The summed E-state index contributed by atoms with van der Waals surface area (Å²) in [6.07, 6.45) is -3.55. The number of fused-ring (bicyclic) bond motifs is 6. The van der Waals surface area contributed by atoms with E-state index in [4.69, 9.17) is 38.8 Å². The molecule has 662 valence electrons. The van der Waals surface area contributed by atoms with Crippen molar-refractivity contribution in [2.75, 3.05) is 25.5 Å². The molecule has 0 bridgehead atoms. The van der Waals surface area contributed by atoms with Crippen LogP contribution in [0.2, 0.25) is 0 Å². The van der Waals surface area contributed by atoms with Crippen LogP contribution in [-0.4, -0.2) is 184 Å². The van der Waals surface area contributed by atoms with Crippen molar-refractivity contribution in [2.24, 2.45) is 11.7 Å². The Balaban J connectivity index is 1.00. The average Bonchev–Trinajstić information content (AvgIpc) is 1.51. The Morgan fingerprint density at radius 3 is 0.984 bits per heavy atom. The third-order valence-electron chi connectivity index (χ3n) is 22.7. The largest absolute Gasteiger partial charge is 0.448 e. The summed E-state index contributed by atoms with van der Waals surface area (Å²) < 4.78 is 12.6. The average molecular weight is 1790 g/mol. The molecule has 8 aromatic rings. The smallest absolute Gasteiger partial charge is 0.417 e. The Morgan fingerprint density at radius 1 is 0.373 bits per heavy atom. The Kier molecular flexibility index (Phi) is 31.7. The first-order valence-corrected chi connectivity index (χ1v) is 47.5. The lowest BCUT2D eigenvalue weighted by atomic mass is 9.96. The number of carbonyl (C=O) groups excluding carboxylic acids is 14. The van der Waals surface area contributed by atoms with Gasteiger partial charge in [-0.25, -0.2) is 19.4 Å². The zero-order valence-corrected chi connectivity index (χ0v) is 75.9. The maximum atomic E-state index is 16.5. The first-order chi connectivity index (χ1) is 59.7. The second kappa shape index (κ2) is 41.6. The lowest BCUT2D eigenvalue weighted by molar-refractivity contribution is -0.143. The summed E-state index contributed by atoms with van der Waals surface area (Å²) in [5.41, 5.74) is 8.60. The van der Waals surface area contributed by atoms with Gasteiger partial charge >= 0.3 is 12.2 Å². The number of hydrogen-bond donors (Lipinski definition) is 10. The molecule has 0 unspecified atom stereocenters. The van der Waals surface area contributed by atoms with E-state index >= 15 is 38.4 Å². The molecule has 0 spiro atoms. The van der Waals surface area contributed by atoms with Crippen LogP contribution in [0.4, 0.5) is 9.59 Å². The topological polar surface area (TPSA) is 398 Å². The molecule has 10 rings (SSSR count). The number of hydrogen-bond acceptors (Lipinski definition) is 18. The van der Waals surface area contributed by atoms with E-state index in [9.17, 15) is 28.8 Å². The molecule has 32 heteroatoms. The number of benzene rings is 8. The number of amides is 14. The highest BCUT2D eigenvalue weighted by molar-refractivity contribution is 8.22. The molecular weight excluding hydrogens is 1680 g/mol. The van der Waals surface area contributed by atoms with E-state index in [1.807, 2.05) is 97.1 Å².